The number of nitrogens with zero attached hydrogens (tertiary/aromatic N) is 4. The molecule has 0 radical (unpaired) electrons. The van der Waals surface area contributed by atoms with E-state index in [1.807, 2.05) is 6.20 Å². The van der Waals surface area contributed by atoms with Gasteiger partial charge in [0, 0.05) is 17.5 Å². The van der Waals surface area contributed by atoms with Crippen LogP contribution in [0.15, 0.2) is 35.8 Å². The molecule has 0 unspecified atom stereocenters. The highest BCUT2D eigenvalue weighted by molar-refractivity contribution is 7.14. The molecule has 0 atom stereocenters. The van der Waals surface area contributed by atoms with Gasteiger partial charge in [0.05, 0.1) is 30.7 Å². The zero-order chi connectivity index (χ0) is 16.7. The van der Waals surface area contributed by atoms with Crippen LogP contribution in [0.4, 0.5) is 5.13 Å². The Morgan fingerprint density at radius 3 is 2.67 bits per heavy atom. The number of anilines is 1. The first-order valence-corrected chi connectivity index (χ1v) is 9.32. The van der Waals surface area contributed by atoms with Crippen LogP contribution in [0.25, 0.3) is 11.3 Å². The van der Waals surface area contributed by atoms with Crippen LogP contribution in [-0.4, -0.2) is 21.3 Å². The molecule has 1 aliphatic heterocycles. The van der Waals surface area contributed by atoms with Gasteiger partial charge in [-0.3, -0.25) is 4.68 Å². The van der Waals surface area contributed by atoms with Crippen LogP contribution < -0.4 is 4.90 Å². The molecule has 3 aromatic rings. The Bertz CT molecular complexity index is 845. The Hall–Kier alpha value is -2.14. The van der Waals surface area contributed by atoms with E-state index in [4.69, 9.17) is 4.98 Å². The monoisotopic (exact) mass is 338 g/mol. The predicted octanol–water partition coefficient (Wildman–Crippen LogP) is 4.46. The van der Waals surface area contributed by atoms with Crippen LogP contribution in [0, 0.1) is 6.92 Å². The highest BCUT2D eigenvalue weighted by Gasteiger charge is 2.21. The second kappa shape index (κ2) is 6.06. The van der Waals surface area contributed by atoms with Gasteiger partial charge in [-0.1, -0.05) is 38.1 Å². The van der Waals surface area contributed by atoms with E-state index in [-0.39, 0.29) is 0 Å². The Kier molecular flexibility index (Phi) is 3.88. The number of aromatic nitrogens is 3. The number of aryl methyl sites for hydroxylation is 1. The summed E-state index contributed by atoms with van der Waals surface area (Å²) >= 11 is 1.73. The zero-order valence-corrected chi connectivity index (χ0v) is 15.2. The van der Waals surface area contributed by atoms with Crippen LogP contribution in [0.3, 0.4) is 0 Å². The molecule has 0 saturated carbocycles. The average Bonchev–Trinajstić information content (AvgIpc) is 3.22. The number of thiazole rings is 1. The molecule has 0 saturated heterocycles. The summed E-state index contributed by atoms with van der Waals surface area (Å²) < 4.78 is 2.12. The third-order valence-corrected chi connectivity index (χ3v) is 5.62. The maximum atomic E-state index is 4.88. The first-order valence-electron chi connectivity index (χ1n) is 8.44. The van der Waals surface area contributed by atoms with Crippen molar-refractivity contribution in [1.29, 1.82) is 0 Å². The summed E-state index contributed by atoms with van der Waals surface area (Å²) in [5, 5.41) is 7.70. The van der Waals surface area contributed by atoms with Crippen LogP contribution >= 0.6 is 11.3 Å². The molecule has 0 fully saturated rings. The van der Waals surface area contributed by atoms with Crippen LogP contribution in [-0.2, 0) is 13.1 Å². The van der Waals surface area contributed by atoms with E-state index < -0.39 is 0 Å². The van der Waals surface area contributed by atoms with Gasteiger partial charge in [-0.25, -0.2) is 4.98 Å². The fourth-order valence-corrected chi connectivity index (χ4v) is 3.98. The molecule has 0 spiro atoms. The molecule has 1 aliphatic rings. The van der Waals surface area contributed by atoms with Gasteiger partial charge in [-0.05, 0) is 24.0 Å². The lowest BCUT2D eigenvalue weighted by molar-refractivity contribution is 0.518. The predicted molar refractivity (Wildman–Crippen MR) is 99.7 cm³/mol. The maximum Gasteiger partial charge on any atom is 0.186 e. The summed E-state index contributed by atoms with van der Waals surface area (Å²) in [6.45, 7) is 9.36. The van der Waals surface area contributed by atoms with E-state index in [9.17, 15) is 0 Å². The molecule has 1 aromatic carbocycles. The minimum Gasteiger partial charge on any atom is -0.340 e. The highest BCUT2D eigenvalue weighted by atomic mass is 32.1. The zero-order valence-electron chi connectivity index (χ0n) is 14.4. The molecule has 0 N–H and O–H groups in total. The van der Waals surface area contributed by atoms with Gasteiger partial charge >= 0.3 is 0 Å². The Morgan fingerprint density at radius 2 is 1.92 bits per heavy atom. The van der Waals surface area contributed by atoms with Gasteiger partial charge in [-0.15, -0.1) is 11.3 Å². The smallest absolute Gasteiger partial charge is 0.186 e. The summed E-state index contributed by atoms with van der Waals surface area (Å²) in [7, 11) is 0. The van der Waals surface area contributed by atoms with Crippen LogP contribution in [0.2, 0.25) is 0 Å². The lowest BCUT2D eigenvalue weighted by Crippen LogP contribution is -2.34. The average molecular weight is 338 g/mol. The molecule has 124 valence electrons. The third-order valence-electron chi connectivity index (χ3n) is 4.72. The van der Waals surface area contributed by atoms with Gasteiger partial charge in [0.15, 0.2) is 5.13 Å². The minimum absolute atomic E-state index is 0.562. The van der Waals surface area contributed by atoms with Gasteiger partial charge in [0.1, 0.15) is 0 Å². The van der Waals surface area contributed by atoms with E-state index in [0.29, 0.717) is 5.92 Å². The Morgan fingerprint density at radius 1 is 1.12 bits per heavy atom. The SMILES string of the molecule is Cc1cnn2c1CN(c1nc(-c3ccc(C(C)C)cc3)cs1)CC2. The normalized spacial score (nSPS) is 14.2. The van der Waals surface area contributed by atoms with E-state index in [0.717, 1.165) is 30.5 Å². The van der Waals surface area contributed by atoms with Crippen molar-refractivity contribution >= 4 is 16.5 Å². The summed E-state index contributed by atoms with van der Waals surface area (Å²) in [5.41, 5.74) is 6.20. The summed E-state index contributed by atoms with van der Waals surface area (Å²) in [6, 6.07) is 8.79. The van der Waals surface area contributed by atoms with Crippen molar-refractivity contribution in [2.75, 3.05) is 11.4 Å². The number of benzene rings is 1. The van der Waals surface area contributed by atoms with Crippen molar-refractivity contribution in [1.82, 2.24) is 14.8 Å². The second-order valence-electron chi connectivity index (χ2n) is 6.71. The van der Waals surface area contributed by atoms with Crippen LogP contribution in [0.1, 0.15) is 36.6 Å². The van der Waals surface area contributed by atoms with Crippen molar-refractivity contribution in [3.05, 3.63) is 52.7 Å². The fourth-order valence-electron chi connectivity index (χ4n) is 3.12. The van der Waals surface area contributed by atoms with Gasteiger partial charge in [0.2, 0.25) is 0 Å². The first-order chi connectivity index (χ1) is 11.6. The quantitative estimate of drug-likeness (QED) is 0.707. The molecular weight excluding hydrogens is 316 g/mol. The molecule has 0 amide bonds. The number of hydrogen-bond donors (Lipinski definition) is 0. The lowest BCUT2D eigenvalue weighted by Gasteiger charge is -2.27. The standard InChI is InChI=1S/C19H22N4S/c1-13(2)15-4-6-16(7-5-15)17-12-24-19(21-17)22-8-9-23-18(11-22)14(3)10-20-23/h4-7,10,12-13H,8-9,11H2,1-3H3. The molecule has 4 nitrogen and oxygen atoms in total. The Labute approximate surface area is 146 Å². The van der Waals surface area contributed by atoms with E-state index in [1.54, 1.807) is 11.3 Å². The molecule has 0 aliphatic carbocycles. The van der Waals surface area contributed by atoms with Crippen molar-refractivity contribution in [2.45, 2.75) is 39.8 Å². The first kappa shape index (κ1) is 15.4. The maximum absolute atomic E-state index is 4.88. The summed E-state index contributed by atoms with van der Waals surface area (Å²) in [4.78, 5) is 7.24. The van der Waals surface area contributed by atoms with E-state index >= 15 is 0 Å². The summed E-state index contributed by atoms with van der Waals surface area (Å²) in [5.74, 6) is 0.562. The van der Waals surface area contributed by atoms with Gasteiger partial charge in [0.25, 0.3) is 0 Å². The number of rotatable bonds is 3. The van der Waals surface area contributed by atoms with Gasteiger partial charge in [-0.2, -0.15) is 5.10 Å². The topological polar surface area (TPSA) is 34.0 Å². The fraction of sp³-hybridized carbons (Fsp3) is 0.368. The largest absolute Gasteiger partial charge is 0.340 e. The minimum atomic E-state index is 0.562. The second-order valence-corrected chi connectivity index (χ2v) is 7.55. The highest BCUT2D eigenvalue weighted by Crippen LogP contribution is 2.30. The van der Waals surface area contributed by atoms with Crippen molar-refractivity contribution in [3.63, 3.8) is 0 Å². The Balaban J connectivity index is 1.56. The van der Waals surface area contributed by atoms with E-state index in [2.05, 4.69) is 65.1 Å². The van der Waals surface area contributed by atoms with Crippen molar-refractivity contribution in [2.24, 2.45) is 0 Å². The van der Waals surface area contributed by atoms with Crippen molar-refractivity contribution < 1.29 is 0 Å². The molecular formula is C19H22N4S. The lowest BCUT2D eigenvalue weighted by atomic mass is 10.0. The molecule has 24 heavy (non-hydrogen) atoms. The van der Waals surface area contributed by atoms with Gasteiger partial charge < -0.3 is 4.90 Å². The molecule has 3 heterocycles. The molecule has 0 bridgehead atoms. The van der Waals surface area contributed by atoms with E-state index in [1.165, 1.54) is 22.4 Å². The summed E-state index contributed by atoms with van der Waals surface area (Å²) in [6.07, 6.45) is 1.96. The molecule has 5 heteroatoms. The number of hydrogen-bond acceptors (Lipinski definition) is 4. The van der Waals surface area contributed by atoms with Crippen LogP contribution in [0.5, 0.6) is 0 Å². The van der Waals surface area contributed by atoms with Crippen molar-refractivity contribution in [3.8, 4) is 11.3 Å². The molecule has 2 aromatic heterocycles. The third kappa shape index (κ3) is 2.73. The number of fused-ring (bicyclic) bond motifs is 1. The molecule has 4 rings (SSSR count).